The van der Waals surface area contributed by atoms with Gasteiger partial charge in [0, 0.05) is 25.2 Å². The third-order valence-electron chi connectivity index (χ3n) is 4.61. The van der Waals surface area contributed by atoms with Gasteiger partial charge >= 0.3 is 6.18 Å². The molecule has 0 unspecified atom stereocenters. The molecular formula is C20H18F3N3O3. The van der Waals surface area contributed by atoms with Crippen LogP contribution in [0.15, 0.2) is 41.4 Å². The molecule has 2 aromatic carbocycles. The summed E-state index contributed by atoms with van der Waals surface area (Å²) in [4.78, 5) is 13.2. The van der Waals surface area contributed by atoms with E-state index in [2.05, 4.69) is 34.1 Å². The number of carboxylic acids is 1. The number of nitrogens with zero attached hydrogens (tertiary/aromatic N) is 2. The smallest absolute Gasteiger partial charge is 0.430 e. The Balaban J connectivity index is 0.000000298. The third-order valence-corrected chi connectivity index (χ3v) is 4.61. The number of alkyl halides is 3. The van der Waals surface area contributed by atoms with Crippen LogP contribution in [0.3, 0.4) is 0 Å². The Labute approximate surface area is 164 Å². The van der Waals surface area contributed by atoms with E-state index in [1.807, 2.05) is 30.5 Å². The number of carbonyl (C=O) groups is 1. The van der Waals surface area contributed by atoms with E-state index in [0.29, 0.717) is 12.2 Å². The number of aliphatic imine (C=N–C) groups is 1. The third kappa shape index (κ3) is 4.39. The lowest BCUT2D eigenvalue weighted by atomic mass is 10.1. The quantitative estimate of drug-likeness (QED) is 0.581. The molecule has 9 heteroatoms. The monoisotopic (exact) mass is 405 g/mol. The van der Waals surface area contributed by atoms with Crippen molar-refractivity contribution in [3.8, 4) is 5.75 Å². The molecule has 2 heterocycles. The fraction of sp³-hybridized carbons (Fsp3) is 0.250. The fourth-order valence-corrected chi connectivity index (χ4v) is 3.12. The number of aliphatic carboxylic acids is 1. The van der Waals surface area contributed by atoms with Crippen molar-refractivity contribution in [1.82, 2.24) is 4.58 Å². The molecule has 0 fully saturated rings. The summed E-state index contributed by atoms with van der Waals surface area (Å²) in [6, 6.07) is 12.2. The van der Waals surface area contributed by atoms with E-state index < -0.39 is 12.1 Å². The molecule has 2 aromatic rings. The minimum atomic E-state index is -5.19. The van der Waals surface area contributed by atoms with Crippen LogP contribution in [0.5, 0.6) is 5.75 Å². The Kier molecular flexibility index (Phi) is 5.58. The number of anilines is 1. The Morgan fingerprint density at radius 1 is 1.31 bits per heavy atom. The van der Waals surface area contributed by atoms with Crippen LogP contribution < -0.4 is 25.6 Å². The average molecular weight is 405 g/mol. The molecule has 0 amide bonds. The summed E-state index contributed by atoms with van der Waals surface area (Å²) < 4.78 is 33.8. The number of phenols is 1. The summed E-state index contributed by atoms with van der Waals surface area (Å²) in [5, 5.41) is 24.9. The van der Waals surface area contributed by atoms with Crippen LogP contribution in [-0.4, -0.2) is 37.1 Å². The molecule has 0 spiro atoms. The summed E-state index contributed by atoms with van der Waals surface area (Å²) >= 11 is 0. The summed E-state index contributed by atoms with van der Waals surface area (Å²) in [7, 11) is 2.09. The van der Waals surface area contributed by atoms with Gasteiger partial charge < -0.3 is 20.3 Å². The zero-order chi connectivity index (χ0) is 21.2. The number of carboxylic acid groups (broad SMARTS) is 1. The second-order valence-corrected chi connectivity index (χ2v) is 6.59. The van der Waals surface area contributed by atoms with Crippen LogP contribution in [0.25, 0.3) is 5.57 Å². The largest absolute Gasteiger partial charge is 0.542 e. The molecule has 0 saturated carbocycles. The van der Waals surface area contributed by atoms with E-state index in [9.17, 15) is 18.3 Å². The van der Waals surface area contributed by atoms with Crippen molar-refractivity contribution in [3.63, 3.8) is 0 Å². The second-order valence-electron chi connectivity index (χ2n) is 6.59. The first-order valence-electron chi connectivity index (χ1n) is 8.76. The van der Waals surface area contributed by atoms with E-state index in [1.165, 1.54) is 11.1 Å². The lowest BCUT2D eigenvalue weighted by Crippen LogP contribution is -2.43. The van der Waals surface area contributed by atoms with Gasteiger partial charge in [0.1, 0.15) is 25.2 Å². The average Bonchev–Trinajstić information content (AvgIpc) is 3.11. The summed E-state index contributed by atoms with van der Waals surface area (Å²) in [6.45, 7) is 1.66. The maximum absolute atomic E-state index is 10.5. The maximum Gasteiger partial charge on any atom is 0.430 e. The van der Waals surface area contributed by atoms with Gasteiger partial charge in [-0.05, 0) is 11.1 Å². The van der Waals surface area contributed by atoms with E-state index in [-0.39, 0.29) is 5.75 Å². The van der Waals surface area contributed by atoms with Gasteiger partial charge in [0.25, 0.3) is 0 Å². The molecule has 4 rings (SSSR count). The van der Waals surface area contributed by atoms with Crippen molar-refractivity contribution in [1.29, 1.82) is 0 Å². The zero-order valence-electron chi connectivity index (χ0n) is 15.5. The van der Waals surface area contributed by atoms with Crippen molar-refractivity contribution >= 4 is 29.1 Å². The van der Waals surface area contributed by atoms with Gasteiger partial charge in [-0.25, -0.2) is 4.58 Å². The second kappa shape index (κ2) is 7.94. The number of nitrogens with one attached hydrogen (secondary N) is 1. The molecule has 0 aliphatic carbocycles. The minimum absolute atomic E-state index is 0.247. The Hall–Kier alpha value is -3.36. The van der Waals surface area contributed by atoms with Gasteiger partial charge in [-0.15, -0.1) is 0 Å². The Morgan fingerprint density at radius 3 is 2.59 bits per heavy atom. The molecule has 2 aliphatic rings. The van der Waals surface area contributed by atoms with Crippen molar-refractivity contribution in [2.75, 3.05) is 18.9 Å². The molecular weight excluding hydrogens is 387 g/mol. The van der Waals surface area contributed by atoms with Crippen LogP contribution in [-0.2, 0) is 11.3 Å². The molecule has 2 aliphatic heterocycles. The molecule has 0 bridgehead atoms. The van der Waals surface area contributed by atoms with Crippen LogP contribution in [0.2, 0.25) is 0 Å². The summed E-state index contributed by atoms with van der Waals surface area (Å²) in [5.74, 6) is -2.76. The first kappa shape index (κ1) is 20.4. The van der Waals surface area contributed by atoms with Gasteiger partial charge in [-0.2, -0.15) is 13.2 Å². The van der Waals surface area contributed by atoms with Gasteiger partial charge in [-0.3, -0.25) is 4.99 Å². The van der Waals surface area contributed by atoms with Gasteiger partial charge in [0.15, 0.2) is 5.75 Å². The van der Waals surface area contributed by atoms with Gasteiger partial charge in [-0.1, -0.05) is 30.3 Å². The predicted octanol–water partition coefficient (Wildman–Crippen LogP) is 0.694. The molecule has 0 radical (unpaired) electrons. The molecule has 6 nitrogen and oxygen atoms in total. The number of hydrogen-bond donors (Lipinski definition) is 2. The lowest BCUT2D eigenvalue weighted by Gasteiger charge is -2.11. The number of benzene rings is 2. The minimum Gasteiger partial charge on any atom is -0.542 e. The SMILES string of the molecule is C[N+]1=c2cc(NCc3ccccc3)c(O)c3c2=C(C=N3)CC1.O=C([O-])C(F)(F)F. The van der Waals surface area contributed by atoms with Crippen molar-refractivity contribution in [3.05, 3.63) is 52.5 Å². The molecule has 0 aromatic heterocycles. The van der Waals surface area contributed by atoms with Crippen molar-refractivity contribution < 1.29 is 28.2 Å². The highest BCUT2D eigenvalue weighted by Crippen LogP contribution is 2.32. The highest BCUT2D eigenvalue weighted by molar-refractivity contribution is 6.08. The molecule has 0 atom stereocenters. The van der Waals surface area contributed by atoms with Gasteiger partial charge in [0.05, 0.1) is 10.9 Å². The van der Waals surface area contributed by atoms with Crippen molar-refractivity contribution in [2.24, 2.45) is 4.99 Å². The highest BCUT2D eigenvalue weighted by atomic mass is 19.4. The lowest BCUT2D eigenvalue weighted by molar-refractivity contribution is -0.344. The number of aromatic hydroxyl groups is 1. The first-order valence-corrected chi connectivity index (χ1v) is 8.76. The predicted molar refractivity (Wildman–Crippen MR) is 100 cm³/mol. The number of rotatable bonds is 3. The van der Waals surface area contributed by atoms with Crippen LogP contribution >= 0.6 is 0 Å². The highest BCUT2D eigenvalue weighted by Gasteiger charge is 2.28. The molecule has 152 valence electrons. The summed E-state index contributed by atoms with van der Waals surface area (Å²) in [6.07, 6.45) is -2.32. The molecule has 0 saturated heterocycles. The fourth-order valence-electron chi connectivity index (χ4n) is 3.12. The summed E-state index contributed by atoms with van der Waals surface area (Å²) in [5.41, 5.74) is 3.85. The topological polar surface area (TPSA) is 87.8 Å². The number of hydrogen-bond acceptors (Lipinski definition) is 5. The zero-order valence-corrected chi connectivity index (χ0v) is 15.5. The van der Waals surface area contributed by atoms with E-state index in [4.69, 9.17) is 9.90 Å². The van der Waals surface area contributed by atoms with Crippen molar-refractivity contribution in [2.45, 2.75) is 19.1 Å². The van der Waals surface area contributed by atoms with Crippen LogP contribution in [0.1, 0.15) is 12.0 Å². The number of carbonyl (C=O) groups excluding carboxylic acids is 1. The number of halogens is 3. The number of phenolic OH excluding ortho intramolecular Hbond substituents is 1. The standard InChI is InChI=1S/C18H17N3O.C2HF3O2/c1-21-8-7-13-11-20-17-16(13)15(21)9-14(18(17)22)19-10-12-5-3-2-4-6-12;3-2(4,5)1(6)7/h2-6,9,11H,7-8,10H2,1H3,(H,19,20,22);(H,6,7). The van der Waals surface area contributed by atoms with E-state index >= 15 is 0 Å². The van der Waals surface area contributed by atoms with E-state index in [0.717, 1.165) is 29.2 Å². The van der Waals surface area contributed by atoms with Crippen LogP contribution in [0.4, 0.5) is 24.5 Å². The van der Waals surface area contributed by atoms with E-state index in [1.54, 1.807) is 0 Å². The Morgan fingerprint density at radius 2 is 1.97 bits per heavy atom. The normalized spacial score (nSPS) is 14.2. The Bertz CT molecular complexity index is 1090. The van der Waals surface area contributed by atoms with Crippen LogP contribution in [0, 0.1) is 0 Å². The van der Waals surface area contributed by atoms with Gasteiger partial charge in [0.2, 0.25) is 5.36 Å². The molecule has 2 N–H and O–H groups in total. The first-order chi connectivity index (χ1) is 13.7. The maximum atomic E-state index is 10.5. The molecule has 29 heavy (non-hydrogen) atoms.